The lowest BCUT2D eigenvalue weighted by atomic mass is 10.1. The molecule has 0 amide bonds. The minimum Gasteiger partial charge on any atom is -0.405 e. The third kappa shape index (κ3) is 3.98. The molecule has 0 aromatic heterocycles. The smallest absolute Gasteiger partial charge is 0.405 e. The highest BCUT2D eigenvalue weighted by Crippen LogP contribution is 2.44. The highest BCUT2D eigenvalue weighted by Gasteiger charge is 2.42. The number of halogens is 7. The Morgan fingerprint density at radius 1 is 1.16 bits per heavy atom. The summed E-state index contributed by atoms with van der Waals surface area (Å²) in [5.74, 6) is -1.69. The Hall–Kier alpha value is -1.52. The van der Waals surface area contributed by atoms with Crippen LogP contribution < -0.4 is 4.74 Å². The van der Waals surface area contributed by atoms with Gasteiger partial charge in [0.05, 0.1) is 11.0 Å². The van der Waals surface area contributed by atoms with Crippen LogP contribution in [0.5, 0.6) is 5.75 Å². The van der Waals surface area contributed by atoms with E-state index in [1.807, 2.05) is 0 Å². The fourth-order valence-electron chi connectivity index (χ4n) is 1.15. The number of rotatable bonds is 2. The molecule has 1 rings (SSSR count). The van der Waals surface area contributed by atoms with Crippen LogP contribution in [0, 0.1) is 10.1 Å². The zero-order valence-electron chi connectivity index (χ0n) is 8.47. The zero-order valence-corrected chi connectivity index (χ0v) is 10.1. The van der Waals surface area contributed by atoms with E-state index in [0.29, 0.717) is 6.07 Å². The maximum atomic E-state index is 12.6. The molecule has 0 fully saturated rings. The fraction of sp³-hybridized carbons (Fsp3) is 0.250. The highest BCUT2D eigenvalue weighted by atomic mass is 79.9. The number of nitrogens with zero attached hydrogens (tertiary/aromatic N) is 1. The lowest BCUT2D eigenvalue weighted by Gasteiger charge is -2.16. The maximum Gasteiger partial charge on any atom is 0.573 e. The van der Waals surface area contributed by atoms with E-state index in [1.165, 1.54) is 0 Å². The van der Waals surface area contributed by atoms with Crippen LogP contribution in [0.25, 0.3) is 0 Å². The van der Waals surface area contributed by atoms with Crippen molar-refractivity contribution in [3.05, 3.63) is 32.3 Å². The molecule has 11 heteroatoms. The van der Waals surface area contributed by atoms with Crippen LogP contribution in [0.3, 0.4) is 0 Å². The lowest BCUT2D eigenvalue weighted by molar-refractivity contribution is -0.385. The predicted molar refractivity (Wildman–Crippen MR) is 52.5 cm³/mol. The molecule has 1 aromatic carbocycles. The van der Waals surface area contributed by atoms with Crippen LogP contribution in [0.15, 0.2) is 16.6 Å². The van der Waals surface area contributed by atoms with Crippen molar-refractivity contribution in [3.8, 4) is 5.75 Å². The summed E-state index contributed by atoms with van der Waals surface area (Å²) in [5, 5.41) is 10.4. The average Bonchev–Trinajstić information content (AvgIpc) is 2.10. The van der Waals surface area contributed by atoms with E-state index in [0.717, 1.165) is 0 Å². The van der Waals surface area contributed by atoms with Crippen molar-refractivity contribution in [1.82, 2.24) is 0 Å². The van der Waals surface area contributed by atoms with Crippen LogP contribution in [0.1, 0.15) is 5.56 Å². The molecule has 0 radical (unpaired) electrons. The monoisotopic (exact) mass is 353 g/mol. The number of benzene rings is 1. The van der Waals surface area contributed by atoms with Crippen LogP contribution in [-0.2, 0) is 6.18 Å². The van der Waals surface area contributed by atoms with Gasteiger partial charge in [0.15, 0.2) is 0 Å². The predicted octanol–water partition coefficient (Wildman–Crippen LogP) is 4.27. The van der Waals surface area contributed by atoms with E-state index in [-0.39, 0.29) is 6.07 Å². The van der Waals surface area contributed by atoms with Gasteiger partial charge in [-0.2, -0.15) is 13.2 Å². The summed E-state index contributed by atoms with van der Waals surface area (Å²) in [6, 6.07) is 0.493. The number of alkyl halides is 6. The van der Waals surface area contributed by atoms with Crippen molar-refractivity contribution >= 4 is 21.6 Å². The number of ether oxygens (including phenoxy) is 1. The van der Waals surface area contributed by atoms with E-state index in [9.17, 15) is 36.5 Å². The third-order valence-corrected chi connectivity index (χ3v) is 2.38. The molecule has 19 heavy (non-hydrogen) atoms. The first-order chi connectivity index (χ1) is 8.42. The molecule has 4 nitrogen and oxygen atoms in total. The second-order valence-electron chi connectivity index (χ2n) is 3.10. The van der Waals surface area contributed by atoms with Crippen molar-refractivity contribution in [2.24, 2.45) is 0 Å². The first-order valence-electron chi connectivity index (χ1n) is 4.22. The van der Waals surface area contributed by atoms with Crippen LogP contribution in [-0.4, -0.2) is 11.3 Å². The number of nitro groups is 1. The van der Waals surface area contributed by atoms with Crippen molar-refractivity contribution < 1.29 is 36.0 Å². The molecule has 0 aliphatic carbocycles. The largest absolute Gasteiger partial charge is 0.573 e. The summed E-state index contributed by atoms with van der Waals surface area (Å²) >= 11 is 2.34. The number of non-ortho nitro benzene ring substituents is 1. The van der Waals surface area contributed by atoms with Crippen molar-refractivity contribution in [1.29, 1.82) is 0 Å². The van der Waals surface area contributed by atoms with Gasteiger partial charge in [-0.25, -0.2) is 0 Å². The van der Waals surface area contributed by atoms with Gasteiger partial charge in [0.25, 0.3) is 5.69 Å². The lowest BCUT2D eigenvalue weighted by Crippen LogP contribution is -2.20. The standard InChI is InChI=1S/C8H2BrF6NO3/c9-4-1-3(16(17)18)2-5(19-8(13,14)15)6(4)7(10,11)12/h1-2H. The normalized spacial score (nSPS) is 12.4. The van der Waals surface area contributed by atoms with E-state index in [1.54, 1.807) is 0 Å². The van der Waals surface area contributed by atoms with Gasteiger partial charge in [0.1, 0.15) is 11.3 Å². The van der Waals surface area contributed by atoms with E-state index in [2.05, 4.69) is 20.7 Å². The number of nitro benzene ring substituents is 1. The van der Waals surface area contributed by atoms with Gasteiger partial charge in [0.2, 0.25) is 0 Å². The second kappa shape index (κ2) is 4.87. The minimum atomic E-state index is -5.41. The summed E-state index contributed by atoms with van der Waals surface area (Å²) in [6.45, 7) is 0. The Bertz CT molecular complexity index is 512. The highest BCUT2D eigenvalue weighted by molar-refractivity contribution is 9.10. The van der Waals surface area contributed by atoms with Gasteiger partial charge in [-0.15, -0.1) is 13.2 Å². The maximum absolute atomic E-state index is 12.6. The summed E-state index contributed by atoms with van der Waals surface area (Å²) < 4.78 is 76.0. The molecule has 0 aliphatic rings. The quantitative estimate of drug-likeness (QED) is 0.453. The second-order valence-corrected chi connectivity index (χ2v) is 3.96. The number of hydrogen-bond acceptors (Lipinski definition) is 3. The van der Waals surface area contributed by atoms with Crippen molar-refractivity contribution in [3.63, 3.8) is 0 Å². The molecule has 0 saturated heterocycles. The third-order valence-electron chi connectivity index (χ3n) is 1.76. The average molecular weight is 354 g/mol. The van der Waals surface area contributed by atoms with Gasteiger partial charge < -0.3 is 4.74 Å². The first-order valence-corrected chi connectivity index (χ1v) is 5.02. The Kier molecular flexibility index (Phi) is 3.98. The summed E-state index contributed by atoms with van der Waals surface area (Å²) in [6.07, 6.45) is -10.6. The zero-order chi connectivity index (χ0) is 15.0. The summed E-state index contributed by atoms with van der Waals surface area (Å²) in [7, 11) is 0. The first kappa shape index (κ1) is 15.5. The Labute approximate surface area is 109 Å². The molecule has 0 heterocycles. The summed E-state index contributed by atoms with van der Waals surface area (Å²) in [5.41, 5.74) is -2.76. The Morgan fingerprint density at radius 3 is 2.05 bits per heavy atom. The molecule has 0 N–H and O–H groups in total. The van der Waals surface area contributed by atoms with Gasteiger partial charge in [-0.1, -0.05) is 0 Å². The molecule has 0 aliphatic heterocycles. The molecular formula is C8H2BrF6NO3. The molecule has 106 valence electrons. The fourth-order valence-corrected chi connectivity index (χ4v) is 1.81. The van der Waals surface area contributed by atoms with Crippen LogP contribution >= 0.6 is 15.9 Å². The van der Waals surface area contributed by atoms with Crippen molar-refractivity contribution in [2.75, 3.05) is 0 Å². The van der Waals surface area contributed by atoms with Crippen LogP contribution in [0.4, 0.5) is 32.0 Å². The van der Waals surface area contributed by atoms with Gasteiger partial charge >= 0.3 is 12.5 Å². The summed E-state index contributed by atoms with van der Waals surface area (Å²) in [4.78, 5) is 9.25. The minimum absolute atomic E-state index is 0.0566. The molecule has 1 aromatic rings. The Morgan fingerprint density at radius 2 is 1.68 bits per heavy atom. The molecule has 0 bridgehead atoms. The van der Waals surface area contributed by atoms with E-state index < -0.39 is 38.9 Å². The van der Waals surface area contributed by atoms with Crippen LogP contribution in [0.2, 0.25) is 0 Å². The molecule has 0 unspecified atom stereocenters. The molecular weight excluding hydrogens is 352 g/mol. The van der Waals surface area contributed by atoms with E-state index >= 15 is 0 Å². The van der Waals surface area contributed by atoms with Gasteiger partial charge in [-0.3, -0.25) is 10.1 Å². The van der Waals surface area contributed by atoms with Gasteiger partial charge in [0, 0.05) is 10.5 Å². The number of hydrogen-bond donors (Lipinski definition) is 0. The molecule has 0 spiro atoms. The van der Waals surface area contributed by atoms with E-state index in [4.69, 9.17) is 0 Å². The topological polar surface area (TPSA) is 52.4 Å². The van der Waals surface area contributed by atoms with Gasteiger partial charge in [-0.05, 0) is 15.9 Å². The molecule has 0 atom stereocenters. The Balaban J connectivity index is 3.49. The molecule has 0 saturated carbocycles. The SMILES string of the molecule is O=[N+]([O-])c1cc(Br)c(C(F)(F)F)c(OC(F)(F)F)c1. The van der Waals surface area contributed by atoms with Crippen molar-refractivity contribution in [2.45, 2.75) is 12.5 Å².